The molecule has 0 spiro atoms. The molecule has 4 heteroatoms. The van der Waals surface area contributed by atoms with Crippen LogP contribution in [0, 0.1) is 26.2 Å². The van der Waals surface area contributed by atoms with E-state index in [9.17, 15) is 4.79 Å². The zero-order chi connectivity index (χ0) is 14.2. The Morgan fingerprint density at radius 3 is 2.42 bits per heavy atom. The maximum atomic E-state index is 11.8. The molecule has 0 amide bonds. The van der Waals surface area contributed by atoms with Gasteiger partial charge >= 0.3 is 0 Å². The summed E-state index contributed by atoms with van der Waals surface area (Å²) >= 11 is 0. The van der Waals surface area contributed by atoms with Crippen molar-refractivity contribution in [1.82, 2.24) is 4.57 Å². The molecule has 19 heavy (non-hydrogen) atoms. The molecule has 0 radical (unpaired) electrons. The van der Waals surface area contributed by atoms with E-state index in [4.69, 9.17) is 11.1 Å². The lowest BCUT2D eigenvalue weighted by molar-refractivity contribution is 0.965. The van der Waals surface area contributed by atoms with Crippen molar-refractivity contribution in [3.63, 3.8) is 0 Å². The summed E-state index contributed by atoms with van der Waals surface area (Å²) in [7, 11) is 0. The summed E-state index contributed by atoms with van der Waals surface area (Å²) in [6.45, 7) is 5.96. The molecule has 1 aromatic heterocycles. The molecule has 4 nitrogen and oxygen atoms in total. The SMILES string of the molecule is Cc1ccc(-n2cc(C(=N)N)c(=O)cc2C)cc1C. The number of hydrogen-bond acceptors (Lipinski definition) is 2. The van der Waals surface area contributed by atoms with Crippen LogP contribution in [0.2, 0.25) is 0 Å². The van der Waals surface area contributed by atoms with E-state index in [1.807, 2.05) is 30.5 Å². The number of nitrogens with two attached hydrogens (primary N) is 1. The summed E-state index contributed by atoms with van der Waals surface area (Å²) in [6.07, 6.45) is 1.63. The van der Waals surface area contributed by atoms with Gasteiger partial charge in [-0.05, 0) is 44.0 Å². The van der Waals surface area contributed by atoms with E-state index in [0.29, 0.717) is 0 Å². The van der Waals surface area contributed by atoms with E-state index in [2.05, 4.69) is 13.0 Å². The summed E-state index contributed by atoms with van der Waals surface area (Å²) in [4.78, 5) is 11.8. The molecule has 0 aliphatic carbocycles. The van der Waals surface area contributed by atoms with Gasteiger partial charge in [0.2, 0.25) is 0 Å². The summed E-state index contributed by atoms with van der Waals surface area (Å²) in [5.74, 6) is -0.206. The standard InChI is InChI=1S/C15H17N3O/c1-9-4-5-12(6-10(9)2)18-8-13(15(16)17)14(19)7-11(18)3/h4-8H,1-3H3,(H3,16,17). The van der Waals surface area contributed by atoms with Gasteiger partial charge in [0, 0.05) is 23.6 Å². The Bertz CT molecular complexity index is 714. The van der Waals surface area contributed by atoms with Gasteiger partial charge in [-0.25, -0.2) is 0 Å². The molecule has 1 heterocycles. The molecule has 0 bridgehead atoms. The van der Waals surface area contributed by atoms with E-state index in [-0.39, 0.29) is 16.8 Å². The molecule has 3 N–H and O–H groups in total. The smallest absolute Gasteiger partial charge is 0.192 e. The number of amidine groups is 1. The second-order valence-corrected chi connectivity index (χ2v) is 4.74. The molecule has 0 aliphatic heterocycles. The van der Waals surface area contributed by atoms with Crippen molar-refractivity contribution in [2.45, 2.75) is 20.8 Å². The minimum absolute atomic E-state index is 0.206. The monoisotopic (exact) mass is 255 g/mol. The van der Waals surface area contributed by atoms with Crippen molar-refractivity contribution in [2.75, 3.05) is 0 Å². The van der Waals surface area contributed by atoms with Crippen molar-refractivity contribution < 1.29 is 0 Å². The van der Waals surface area contributed by atoms with Crippen molar-refractivity contribution in [1.29, 1.82) is 5.41 Å². The van der Waals surface area contributed by atoms with Gasteiger partial charge in [-0.2, -0.15) is 0 Å². The highest BCUT2D eigenvalue weighted by molar-refractivity contribution is 5.94. The summed E-state index contributed by atoms with van der Waals surface area (Å²) in [5, 5.41) is 7.45. The second kappa shape index (κ2) is 4.72. The van der Waals surface area contributed by atoms with Crippen LogP contribution in [0.1, 0.15) is 22.4 Å². The number of pyridine rings is 1. The van der Waals surface area contributed by atoms with Gasteiger partial charge in [-0.15, -0.1) is 0 Å². The minimum Gasteiger partial charge on any atom is -0.384 e. The van der Waals surface area contributed by atoms with Crippen molar-refractivity contribution in [2.24, 2.45) is 5.73 Å². The van der Waals surface area contributed by atoms with E-state index < -0.39 is 0 Å². The Morgan fingerprint density at radius 2 is 1.84 bits per heavy atom. The molecule has 2 aromatic rings. The van der Waals surface area contributed by atoms with E-state index in [1.54, 1.807) is 6.20 Å². The summed E-state index contributed by atoms with van der Waals surface area (Å²) < 4.78 is 1.88. The molecule has 0 saturated heterocycles. The van der Waals surface area contributed by atoms with Gasteiger partial charge < -0.3 is 10.3 Å². The average Bonchev–Trinajstić information content (AvgIpc) is 2.32. The molecule has 2 rings (SSSR count). The zero-order valence-corrected chi connectivity index (χ0v) is 11.3. The number of nitrogen functional groups attached to an aromatic ring is 1. The highest BCUT2D eigenvalue weighted by atomic mass is 16.1. The van der Waals surface area contributed by atoms with E-state index >= 15 is 0 Å². The normalized spacial score (nSPS) is 10.5. The predicted molar refractivity (Wildman–Crippen MR) is 77.3 cm³/mol. The molecule has 0 atom stereocenters. The lowest BCUT2D eigenvalue weighted by atomic mass is 10.1. The van der Waals surface area contributed by atoms with Gasteiger partial charge in [0.05, 0.1) is 5.56 Å². The highest BCUT2D eigenvalue weighted by Gasteiger charge is 2.08. The topological polar surface area (TPSA) is 71.9 Å². The summed E-state index contributed by atoms with van der Waals surface area (Å²) in [6, 6.07) is 7.59. The first-order chi connectivity index (χ1) is 8.90. The quantitative estimate of drug-likeness (QED) is 0.636. The van der Waals surface area contributed by atoms with Crippen LogP contribution in [-0.4, -0.2) is 10.4 Å². The largest absolute Gasteiger partial charge is 0.384 e. The molecule has 0 saturated carbocycles. The first kappa shape index (κ1) is 13.1. The average molecular weight is 255 g/mol. The number of nitrogens with one attached hydrogen (secondary N) is 1. The third-order valence-corrected chi connectivity index (χ3v) is 3.30. The lowest BCUT2D eigenvalue weighted by Gasteiger charge is -2.13. The van der Waals surface area contributed by atoms with Gasteiger partial charge in [0.1, 0.15) is 5.84 Å². The summed E-state index contributed by atoms with van der Waals surface area (Å²) in [5.41, 5.74) is 9.62. The minimum atomic E-state index is -0.218. The molecule has 1 aromatic carbocycles. The van der Waals surface area contributed by atoms with Crippen molar-refractivity contribution >= 4 is 5.84 Å². The molecule has 0 fully saturated rings. The van der Waals surface area contributed by atoms with Crippen LogP contribution in [0.5, 0.6) is 0 Å². The first-order valence-electron chi connectivity index (χ1n) is 6.05. The van der Waals surface area contributed by atoms with Crippen molar-refractivity contribution in [3.05, 3.63) is 63.1 Å². The lowest BCUT2D eigenvalue weighted by Crippen LogP contribution is -2.23. The maximum Gasteiger partial charge on any atom is 0.192 e. The number of rotatable bonds is 2. The number of hydrogen-bond donors (Lipinski definition) is 2. The molecule has 0 unspecified atom stereocenters. The van der Waals surface area contributed by atoms with Crippen LogP contribution in [0.25, 0.3) is 5.69 Å². The highest BCUT2D eigenvalue weighted by Crippen LogP contribution is 2.15. The van der Waals surface area contributed by atoms with Crippen LogP contribution in [0.15, 0.2) is 35.3 Å². The Balaban J connectivity index is 2.68. The van der Waals surface area contributed by atoms with Crippen LogP contribution < -0.4 is 11.2 Å². The zero-order valence-electron chi connectivity index (χ0n) is 11.3. The predicted octanol–water partition coefficient (Wildman–Crippen LogP) is 2.05. The Kier molecular flexibility index (Phi) is 3.25. The third kappa shape index (κ3) is 2.42. The van der Waals surface area contributed by atoms with Crippen LogP contribution >= 0.6 is 0 Å². The van der Waals surface area contributed by atoms with Gasteiger partial charge in [0.15, 0.2) is 5.43 Å². The van der Waals surface area contributed by atoms with Gasteiger partial charge in [0.25, 0.3) is 0 Å². The van der Waals surface area contributed by atoms with Gasteiger partial charge in [-0.3, -0.25) is 10.2 Å². The number of benzene rings is 1. The maximum absolute atomic E-state index is 11.8. The molecule has 98 valence electrons. The molecular weight excluding hydrogens is 238 g/mol. The van der Waals surface area contributed by atoms with E-state index in [0.717, 1.165) is 11.4 Å². The Labute approximate surface area is 112 Å². The molecule has 0 aliphatic rings. The Morgan fingerprint density at radius 1 is 1.16 bits per heavy atom. The van der Waals surface area contributed by atoms with Crippen LogP contribution in [0.3, 0.4) is 0 Å². The fraction of sp³-hybridized carbons (Fsp3) is 0.200. The number of aryl methyl sites for hydroxylation is 3. The third-order valence-electron chi connectivity index (χ3n) is 3.30. The fourth-order valence-electron chi connectivity index (χ4n) is 1.99. The van der Waals surface area contributed by atoms with E-state index in [1.165, 1.54) is 17.2 Å². The van der Waals surface area contributed by atoms with Gasteiger partial charge in [-0.1, -0.05) is 6.07 Å². The number of nitrogens with zero attached hydrogens (tertiary/aromatic N) is 1. The van der Waals surface area contributed by atoms with Crippen LogP contribution in [-0.2, 0) is 0 Å². The van der Waals surface area contributed by atoms with Crippen LogP contribution in [0.4, 0.5) is 0 Å². The first-order valence-corrected chi connectivity index (χ1v) is 6.05. The number of aromatic nitrogens is 1. The molecular formula is C15H17N3O. The second-order valence-electron chi connectivity index (χ2n) is 4.74. The Hall–Kier alpha value is -2.36. The fourth-order valence-corrected chi connectivity index (χ4v) is 1.99. The van der Waals surface area contributed by atoms with Crippen molar-refractivity contribution in [3.8, 4) is 5.69 Å².